The van der Waals surface area contributed by atoms with Crippen molar-refractivity contribution in [3.8, 4) is 0 Å². The molecule has 2 aliphatic rings. The molecule has 1 aromatic heterocycles. The van der Waals surface area contributed by atoms with E-state index in [4.69, 9.17) is 4.74 Å². The highest BCUT2D eigenvalue weighted by molar-refractivity contribution is 5.75. The second-order valence-corrected chi connectivity index (χ2v) is 7.18. The van der Waals surface area contributed by atoms with Gasteiger partial charge in [-0.05, 0) is 26.2 Å². The fourth-order valence-corrected chi connectivity index (χ4v) is 3.48. The molecule has 0 aliphatic carbocycles. The molecule has 1 aromatic rings. The third-order valence-electron chi connectivity index (χ3n) is 5.18. The van der Waals surface area contributed by atoms with E-state index in [1.165, 1.54) is 0 Å². The van der Waals surface area contributed by atoms with E-state index in [1.54, 1.807) is 0 Å². The van der Waals surface area contributed by atoms with Crippen molar-refractivity contribution in [3.63, 3.8) is 0 Å². The van der Waals surface area contributed by atoms with Gasteiger partial charge in [0.25, 0.3) is 0 Å². The minimum atomic E-state index is -0.218. The average molecular weight is 335 g/mol. The number of aromatic nitrogens is 2. The molecule has 24 heavy (non-hydrogen) atoms. The quantitative estimate of drug-likeness (QED) is 0.911. The number of nitrogens with zero attached hydrogens (tertiary/aromatic N) is 4. The van der Waals surface area contributed by atoms with E-state index in [2.05, 4.69) is 29.2 Å². The third kappa shape index (κ3) is 3.83. The summed E-state index contributed by atoms with van der Waals surface area (Å²) in [6.45, 7) is 7.99. The van der Waals surface area contributed by atoms with E-state index in [0.717, 1.165) is 38.0 Å². The Kier molecular flexibility index (Phi) is 4.99. The van der Waals surface area contributed by atoms with Gasteiger partial charge in [-0.25, -0.2) is 4.79 Å². The van der Waals surface area contributed by atoms with Crippen LogP contribution in [0.25, 0.3) is 0 Å². The summed E-state index contributed by atoms with van der Waals surface area (Å²) in [6, 6.07) is 0.221. The van der Waals surface area contributed by atoms with Crippen LogP contribution >= 0.6 is 0 Å². The lowest BCUT2D eigenvalue weighted by atomic mass is 10.0. The Bertz CT molecular complexity index is 575. The Hall–Kier alpha value is -1.76. The number of urea groups is 1. The summed E-state index contributed by atoms with van der Waals surface area (Å²) in [4.78, 5) is 16.8. The maximum atomic E-state index is 12.6. The zero-order chi connectivity index (χ0) is 17.2. The van der Waals surface area contributed by atoms with E-state index in [0.29, 0.717) is 19.7 Å². The number of carbonyl (C=O) groups is 1. The van der Waals surface area contributed by atoms with Crippen molar-refractivity contribution in [2.45, 2.75) is 44.8 Å². The van der Waals surface area contributed by atoms with Gasteiger partial charge in [0.05, 0.1) is 30.6 Å². The molecule has 2 amide bonds. The number of hydrogen-bond acceptors (Lipinski definition) is 4. The summed E-state index contributed by atoms with van der Waals surface area (Å²) in [5.74, 6) is 0. The molecule has 2 aliphatic heterocycles. The lowest BCUT2D eigenvalue weighted by molar-refractivity contribution is -0.0874. The predicted octanol–water partition coefficient (Wildman–Crippen LogP) is 1.60. The van der Waals surface area contributed by atoms with Gasteiger partial charge in [0.1, 0.15) is 0 Å². The van der Waals surface area contributed by atoms with E-state index >= 15 is 0 Å². The maximum Gasteiger partial charge on any atom is 0.317 e. The van der Waals surface area contributed by atoms with Gasteiger partial charge < -0.3 is 19.9 Å². The highest BCUT2D eigenvalue weighted by Gasteiger charge is 2.33. The van der Waals surface area contributed by atoms with Crippen molar-refractivity contribution >= 4 is 11.7 Å². The summed E-state index contributed by atoms with van der Waals surface area (Å²) < 4.78 is 7.64. The van der Waals surface area contributed by atoms with Crippen LogP contribution in [-0.4, -0.2) is 65.1 Å². The number of anilines is 1. The summed E-state index contributed by atoms with van der Waals surface area (Å²) in [7, 11) is 1.93. The summed E-state index contributed by atoms with van der Waals surface area (Å²) in [6.07, 6.45) is 6.93. The minimum absolute atomic E-state index is 0.0380. The largest absolute Gasteiger partial charge is 0.372 e. The Labute approximate surface area is 143 Å². The molecule has 3 heterocycles. The van der Waals surface area contributed by atoms with Crippen LogP contribution in [0, 0.1) is 0 Å². The predicted molar refractivity (Wildman–Crippen MR) is 93.2 cm³/mol. The number of carbonyl (C=O) groups excluding carboxylic acids is 1. The van der Waals surface area contributed by atoms with Gasteiger partial charge >= 0.3 is 6.03 Å². The van der Waals surface area contributed by atoms with E-state index in [-0.39, 0.29) is 17.7 Å². The van der Waals surface area contributed by atoms with Crippen molar-refractivity contribution in [3.05, 3.63) is 12.4 Å². The van der Waals surface area contributed by atoms with Crippen molar-refractivity contribution < 1.29 is 9.53 Å². The molecule has 0 radical (unpaired) electrons. The molecular formula is C17H29N5O2. The van der Waals surface area contributed by atoms with Crippen molar-refractivity contribution in [2.24, 2.45) is 7.05 Å². The summed E-state index contributed by atoms with van der Waals surface area (Å²) >= 11 is 0. The van der Waals surface area contributed by atoms with Gasteiger partial charge in [0.15, 0.2) is 0 Å². The number of ether oxygens (including phenoxy) is 1. The fraction of sp³-hybridized carbons (Fsp3) is 0.765. The first kappa shape index (κ1) is 17.1. The molecule has 2 saturated heterocycles. The van der Waals surface area contributed by atoms with Crippen LogP contribution in [0.3, 0.4) is 0 Å². The molecule has 2 fully saturated rings. The molecule has 2 atom stereocenters. The smallest absolute Gasteiger partial charge is 0.317 e. The Balaban J connectivity index is 1.56. The van der Waals surface area contributed by atoms with Gasteiger partial charge in [-0.3, -0.25) is 4.68 Å². The topological polar surface area (TPSA) is 62.6 Å². The average Bonchev–Trinajstić information content (AvgIpc) is 3.02. The second-order valence-electron chi connectivity index (χ2n) is 7.18. The maximum absolute atomic E-state index is 12.6. The molecule has 3 rings (SSSR count). The highest BCUT2D eigenvalue weighted by atomic mass is 16.5. The van der Waals surface area contributed by atoms with Crippen molar-refractivity contribution in [1.82, 2.24) is 20.0 Å². The lowest BCUT2D eigenvalue weighted by Crippen LogP contribution is -2.57. The molecule has 134 valence electrons. The number of morpholine rings is 1. The van der Waals surface area contributed by atoms with Gasteiger partial charge in [0, 0.05) is 38.9 Å². The SMILES string of the molecule is CC[C@]1(C)CN(C(=O)N[C@@H]2CCCN(c3cnn(C)c3)C2)CCO1. The summed E-state index contributed by atoms with van der Waals surface area (Å²) in [5, 5.41) is 7.46. The third-order valence-corrected chi connectivity index (χ3v) is 5.18. The van der Waals surface area contributed by atoms with E-state index in [9.17, 15) is 4.79 Å². The van der Waals surface area contributed by atoms with Crippen LogP contribution in [0.15, 0.2) is 12.4 Å². The first-order valence-electron chi connectivity index (χ1n) is 8.92. The number of nitrogens with one attached hydrogen (secondary N) is 1. The van der Waals surface area contributed by atoms with E-state index < -0.39 is 0 Å². The molecule has 7 nitrogen and oxygen atoms in total. The second kappa shape index (κ2) is 7.01. The zero-order valence-corrected chi connectivity index (χ0v) is 15.0. The van der Waals surface area contributed by atoms with Crippen LogP contribution in [0.5, 0.6) is 0 Å². The number of rotatable bonds is 3. The normalized spacial score (nSPS) is 28.0. The standard InChI is InChI=1S/C17H29N5O2/c1-4-17(2)13-22(8-9-24-17)16(23)19-14-6-5-7-21(11-14)15-10-18-20(3)12-15/h10,12,14H,4-9,11,13H2,1-3H3,(H,19,23)/t14-,17-/m1/s1. The Morgan fingerprint density at radius 3 is 3.04 bits per heavy atom. The molecule has 0 saturated carbocycles. The minimum Gasteiger partial charge on any atom is -0.372 e. The molecule has 0 unspecified atom stereocenters. The highest BCUT2D eigenvalue weighted by Crippen LogP contribution is 2.22. The Morgan fingerprint density at radius 2 is 2.33 bits per heavy atom. The monoisotopic (exact) mass is 335 g/mol. The van der Waals surface area contributed by atoms with Crippen LogP contribution < -0.4 is 10.2 Å². The lowest BCUT2D eigenvalue weighted by Gasteiger charge is -2.41. The van der Waals surface area contributed by atoms with Crippen molar-refractivity contribution in [1.29, 1.82) is 0 Å². The van der Waals surface area contributed by atoms with Gasteiger partial charge in [0.2, 0.25) is 0 Å². The first-order valence-corrected chi connectivity index (χ1v) is 8.92. The molecule has 7 heteroatoms. The fourth-order valence-electron chi connectivity index (χ4n) is 3.48. The molecule has 0 spiro atoms. The van der Waals surface area contributed by atoms with Crippen LogP contribution in [0.4, 0.5) is 10.5 Å². The van der Waals surface area contributed by atoms with Gasteiger partial charge in [-0.2, -0.15) is 5.10 Å². The number of piperidine rings is 1. The number of hydrogen-bond donors (Lipinski definition) is 1. The Morgan fingerprint density at radius 1 is 1.50 bits per heavy atom. The van der Waals surface area contributed by atoms with Gasteiger partial charge in [-0.1, -0.05) is 6.92 Å². The van der Waals surface area contributed by atoms with E-state index in [1.807, 2.05) is 29.0 Å². The van der Waals surface area contributed by atoms with Gasteiger partial charge in [-0.15, -0.1) is 0 Å². The zero-order valence-electron chi connectivity index (χ0n) is 15.0. The molecule has 0 aromatic carbocycles. The van der Waals surface area contributed by atoms with Crippen molar-refractivity contribution in [2.75, 3.05) is 37.7 Å². The molecule has 0 bridgehead atoms. The molecular weight excluding hydrogens is 306 g/mol. The first-order chi connectivity index (χ1) is 11.5. The summed E-state index contributed by atoms with van der Waals surface area (Å²) in [5.41, 5.74) is 0.908. The van der Waals surface area contributed by atoms with Crippen LogP contribution in [0.1, 0.15) is 33.1 Å². The molecule has 1 N–H and O–H groups in total. The van der Waals surface area contributed by atoms with Crippen LogP contribution in [0.2, 0.25) is 0 Å². The van der Waals surface area contributed by atoms with Crippen LogP contribution in [-0.2, 0) is 11.8 Å². The number of amides is 2. The number of aryl methyl sites for hydroxylation is 1.